The molecule has 0 aliphatic heterocycles. The Hall–Kier alpha value is -1.63. The lowest BCUT2D eigenvalue weighted by Crippen LogP contribution is -2.37. The van der Waals surface area contributed by atoms with Crippen molar-refractivity contribution >= 4 is 29.4 Å². The van der Waals surface area contributed by atoms with Crippen LogP contribution in [0.1, 0.15) is 27.2 Å². The summed E-state index contributed by atoms with van der Waals surface area (Å²) in [5.74, 6) is 0.651. The Morgan fingerprint density at radius 2 is 2.10 bits per heavy atom. The Labute approximate surface area is 123 Å². The van der Waals surface area contributed by atoms with Gasteiger partial charge in [0.05, 0.1) is 6.54 Å². The zero-order valence-electron chi connectivity index (χ0n) is 12.1. The lowest BCUT2D eigenvalue weighted by Gasteiger charge is -2.23. The van der Waals surface area contributed by atoms with Crippen molar-refractivity contribution in [3.63, 3.8) is 0 Å². The highest BCUT2D eigenvalue weighted by Gasteiger charge is 2.16. The molecule has 1 aromatic heterocycles. The number of nitrogens with two attached hydrogens (primary N) is 1. The van der Waals surface area contributed by atoms with Crippen molar-refractivity contribution < 1.29 is 4.79 Å². The van der Waals surface area contributed by atoms with Crippen molar-refractivity contribution in [3.05, 3.63) is 5.28 Å². The first-order valence-corrected chi connectivity index (χ1v) is 6.98. The van der Waals surface area contributed by atoms with Gasteiger partial charge in [0.25, 0.3) is 0 Å². The van der Waals surface area contributed by atoms with Crippen LogP contribution in [0.25, 0.3) is 0 Å². The molecule has 1 heterocycles. The minimum absolute atomic E-state index is 0.0474. The molecule has 0 aliphatic rings. The van der Waals surface area contributed by atoms with Crippen LogP contribution >= 0.6 is 11.6 Å². The maximum absolute atomic E-state index is 11.2. The third-order valence-corrected chi connectivity index (χ3v) is 2.51. The average molecular weight is 301 g/mol. The predicted molar refractivity (Wildman–Crippen MR) is 79.9 cm³/mol. The first-order valence-electron chi connectivity index (χ1n) is 6.61. The fourth-order valence-electron chi connectivity index (χ4n) is 1.64. The van der Waals surface area contributed by atoms with Gasteiger partial charge < -0.3 is 16.0 Å². The SMILES string of the molecule is CCCNc1nc(Cl)nc(N(CC(N)=O)CC(C)C)n1. The van der Waals surface area contributed by atoms with Crippen molar-refractivity contribution in [2.45, 2.75) is 27.2 Å². The second kappa shape index (κ2) is 7.84. The molecule has 8 heteroatoms. The Morgan fingerprint density at radius 3 is 2.65 bits per heavy atom. The molecular weight excluding hydrogens is 280 g/mol. The van der Waals surface area contributed by atoms with Gasteiger partial charge >= 0.3 is 0 Å². The second-order valence-corrected chi connectivity index (χ2v) is 5.23. The molecule has 1 rings (SSSR count). The van der Waals surface area contributed by atoms with E-state index >= 15 is 0 Å². The highest BCUT2D eigenvalue weighted by atomic mass is 35.5. The average Bonchev–Trinajstić information content (AvgIpc) is 2.33. The number of carbonyl (C=O) groups excluding carboxylic acids is 1. The molecule has 0 saturated heterocycles. The van der Waals surface area contributed by atoms with Crippen LogP contribution in [0.3, 0.4) is 0 Å². The summed E-state index contributed by atoms with van der Waals surface area (Å²) in [6.07, 6.45) is 0.940. The molecule has 1 amide bonds. The Morgan fingerprint density at radius 1 is 1.40 bits per heavy atom. The molecule has 0 radical (unpaired) electrons. The molecule has 0 fully saturated rings. The molecule has 0 atom stereocenters. The Bertz CT molecular complexity index is 454. The van der Waals surface area contributed by atoms with Gasteiger partial charge in [-0.25, -0.2) is 0 Å². The van der Waals surface area contributed by atoms with E-state index in [1.54, 1.807) is 4.90 Å². The van der Waals surface area contributed by atoms with Gasteiger partial charge in [-0.15, -0.1) is 0 Å². The van der Waals surface area contributed by atoms with Crippen LogP contribution in [0.15, 0.2) is 0 Å². The lowest BCUT2D eigenvalue weighted by atomic mass is 10.2. The van der Waals surface area contributed by atoms with E-state index < -0.39 is 5.91 Å². The van der Waals surface area contributed by atoms with Crippen LogP contribution in [0.5, 0.6) is 0 Å². The first-order chi connectivity index (χ1) is 9.42. The number of aromatic nitrogens is 3. The van der Waals surface area contributed by atoms with Gasteiger partial charge in [0.15, 0.2) is 0 Å². The fourth-order valence-corrected chi connectivity index (χ4v) is 1.80. The van der Waals surface area contributed by atoms with E-state index in [1.807, 2.05) is 20.8 Å². The van der Waals surface area contributed by atoms with Crippen LogP contribution in [-0.4, -0.2) is 40.5 Å². The topological polar surface area (TPSA) is 97.0 Å². The largest absolute Gasteiger partial charge is 0.368 e. The van der Waals surface area contributed by atoms with Gasteiger partial charge in [0.2, 0.25) is 23.1 Å². The van der Waals surface area contributed by atoms with Crippen LogP contribution < -0.4 is 16.0 Å². The summed E-state index contributed by atoms with van der Waals surface area (Å²) in [5, 5.41) is 3.14. The molecule has 112 valence electrons. The fraction of sp³-hybridized carbons (Fsp3) is 0.667. The number of hydrogen-bond donors (Lipinski definition) is 2. The Balaban J connectivity index is 2.98. The minimum atomic E-state index is -0.440. The summed E-state index contributed by atoms with van der Waals surface area (Å²) in [6, 6.07) is 0. The van der Waals surface area contributed by atoms with Gasteiger partial charge in [-0.3, -0.25) is 4.79 Å². The monoisotopic (exact) mass is 300 g/mol. The molecular formula is C12H21ClN6O. The Kier molecular flexibility index (Phi) is 6.44. The summed E-state index contributed by atoms with van der Waals surface area (Å²) in [4.78, 5) is 25.2. The number of primary amides is 1. The number of halogens is 1. The molecule has 0 aromatic carbocycles. The zero-order valence-corrected chi connectivity index (χ0v) is 12.8. The third kappa shape index (κ3) is 5.56. The van der Waals surface area contributed by atoms with Crippen molar-refractivity contribution in [2.75, 3.05) is 29.9 Å². The van der Waals surface area contributed by atoms with Crippen LogP contribution in [0.2, 0.25) is 5.28 Å². The van der Waals surface area contributed by atoms with E-state index in [4.69, 9.17) is 17.3 Å². The van der Waals surface area contributed by atoms with Crippen LogP contribution in [0, 0.1) is 5.92 Å². The molecule has 0 unspecified atom stereocenters. The molecule has 0 aliphatic carbocycles. The molecule has 0 spiro atoms. The zero-order chi connectivity index (χ0) is 15.1. The van der Waals surface area contributed by atoms with Gasteiger partial charge in [-0.1, -0.05) is 20.8 Å². The van der Waals surface area contributed by atoms with E-state index in [9.17, 15) is 4.79 Å². The maximum Gasteiger partial charge on any atom is 0.237 e. The number of anilines is 2. The smallest absolute Gasteiger partial charge is 0.237 e. The molecule has 20 heavy (non-hydrogen) atoms. The summed E-state index contributed by atoms with van der Waals surface area (Å²) in [7, 11) is 0. The number of nitrogens with one attached hydrogen (secondary N) is 1. The number of amides is 1. The van der Waals surface area contributed by atoms with Gasteiger partial charge in [-0.05, 0) is 23.9 Å². The molecule has 1 aromatic rings. The van der Waals surface area contributed by atoms with E-state index in [0.29, 0.717) is 24.4 Å². The minimum Gasteiger partial charge on any atom is -0.368 e. The lowest BCUT2D eigenvalue weighted by molar-refractivity contribution is -0.116. The number of nitrogens with zero attached hydrogens (tertiary/aromatic N) is 4. The highest BCUT2D eigenvalue weighted by Crippen LogP contribution is 2.15. The quantitative estimate of drug-likeness (QED) is 0.751. The summed E-state index contributed by atoms with van der Waals surface area (Å²) >= 11 is 5.90. The van der Waals surface area contributed by atoms with Crippen molar-refractivity contribution in [3.8, 4) is 0 Å². The summed E-state index contributed by atoms with van der Waals surface area (Å²) < 4.78 is 0. The van der Waals surface area contributed by atoms with Gasteiger partial charge in [-0.2, -0.15) is 15.0 Å². The molecule has 0 bridgehead atoms. The van der Waals surface area contributed by atoms with E-state index in [0.717, 1.165) is 13.0 Å². The van der Waals surface area contributed by atoms with Crippen molar-refractivity contribution in [1.29, 1.82) is 0 Å². The van der Waals surface area contributed by atoms with E-state index in [-0.39, 0.29) is 11.8 Å². The molecule has 7 nitrogen and oxygen atoms in total. The van der Waals surface area contributed by atoms with E-state index in [2.05, 4.69) is 20.3 Å². The number of rotatable bonds is 8. The van der Waals surface area contributed by atoms with Gasteiger partial charge in [0.1, 0.15) is 0 Å². The van der Waals surface area contributed by atoms with Crippen molar-refractivity contribution in [1.82, 2.24) is 15.0 Å². The summed E-state index contributed by atoms with van der Waals surface area (Å²) in [6.45, 7) is 7.50. The molecule has 0 saturated carbocycles. The van der Waals surface area contributed by atoms with Crippen LogP contribution in [-0.2, 0) is 4.79 Å². The van der Waals surface area contributed by atoms with E-state index in [1.165, 1.54) is 0 Å². The highest BCUT2D eigenvalue weighted by molar-refractivity contribution is 6.28. The maximum atomic E-state index is 11.2. The number of carbonyl (C=O) groups is 1. The van der Waals surface area contributed by atoms with Gasteiger partial charge in [0, 0.05) is 13.1 Å². The number of hydrogen-bond acceptors (Lipinski definition) is 6. The first kappa shape index (κ1) is 16.4. The standard InChI is InChI=1S/C12H21ClN6O/c1-4-5-15-11-16-10(13)17-12(18-11)19(6-8(2)3)7-9(14)20/h8H,4-7H2,1-3H3,(H2,14,20)(H,15,16,17,18). The van der Waals surface area contributed by atoms with Crippen LogP contribution in [0.4, 0.5) is 11.9 Å². The van der Waals surface area contributed by atoms with Crippen molar-refractivity contribution in [2.24, 2.45) is 11.7 Å². The molecule has 3 N–H and O–H groups in total. The summed E-state index contributed by atoms with van der Waals surface area (Å²) in [5.41, 5.74) is 5.26. The predicted octanol–water partition coefficient (Wildman–Crippen LogP) is 1.29. The third-order valence-electron chi connectivity index (χ3n) is 2.34. The normalized spacial score (nSPS) is 10.7. The second-order valence-electron chi connectivity index (χ2n) is 4.90.